The maximum atomic E-state index is 11.5. The number of hydrogen-bond donors (Lipinski definition) is 4. The minimum atomic E-state index is -1.08. The van der Waals surface area contributed by atoms with Crippen molar-refractivity contribution >= 4 is 10.9 Å². The molecular weight excluding hydrogens is 234 g/mol. The maximum absolute atomic E-state index is 11.5. The van der Waals surface area contributed by atoms with E-state index in [1.54, 1.807) is 18.2 Å². The zero-order valence-electron chi connectivity index (χ0n) is 9.71. The summed E-state index contributed by atoms with van der Waals surface area (Å²) in [6.07, 6.45) is -0.469. The number of aromatic nitrogens is 1. The molecule has 0 bridgehead atoms. The van der Waals surface area contributed by atoms with Gasteiger partial charge < -0.3 is 20.3 Å². The first-order valence-electron chi connectivity index (χ1n) is 5.72. The van der Waals surface area contributed by atoms with Crippen LogP contribution in [-0.2, 0) is 0 Å². The van der Waals surface area contributed by atoms with Gasteiger partial charge in [0.2, 0.25) is 0 Å². The molecule has 1 heterocycles. The van der Waals surface area contributed by atoms with Gasteiger partial charge in [0.25, 0.3) is 0 Å². The minimum absolute atomic E-state index is 0.0966. The highest BCUT2D eigenvalue weighted by molar-refractivity contribution is 5.78. The second-order valence-electron chi connectivity index (χ2n) is 4.17. The summed E-state index contributed by atoms with van der Waals surface area (Å²) in [6, 6.07) is 6.27. The molecule has 2 rings (SSSR count). The van der Waals surface area contributed by atoms with Crippen LogP contribution in [0, 0.1) is 0 Å². The molecule has 0 saturated heterocycles. The molecule has 18 heavy (non-hydrogen) atoms. The molecule has 1 aromatic heterocycles. The quantitative estimate of drug-likeness (QED) is 0.627. The number of aromatic amines is 1. The largest absolute Gasteiger partial charge is 0.396 e. The molecule has 0 aliphatic rings. The lowest BCUT2D eigenvalue weighted by Gasteiger charge is -2.17. The third-order valence-corrected chi connectivity index (χ3v) is 2.91. The minimum Gasteiger partial charge on any atom is -0.396 e. The second kappa shape index (κ2) is 5.30. The Labute approximate surface area is 103 Å². The molecule has 1 aromatic carbocycles. The van der Waals surface area contributed by atoms with Crippen molar-refractivity contribution in [2.24, 2.45) is 0 Å². The normalized spacial score (nSPS) is 14.6. The predicted octanol–water partition coefficient (Wildman–Crippen LogP) is 0.305. The molecule has 4 N–H and O–H groups in total. The van der Waals surface area contributed by atoms with E-state index in [9.17, 15) is 15.0 Å². The van der Waals surface area contributed by atoms with E-state index in [0.29, 0.717) is 16.5 Å². The van der Waals surface area contributed by atoms with Gasteiger partial charge in [-0.3, -0.25) is 4.79 Å². The molecule has 5 heteroatoms. The number of hydrogen-bond acceptors (Lipinski definition) is 4. The molecule has 0 amide bonds. The van der Waals surface area contributed by atoms with Crippen LogP contribution in [0.2, 0.25) is 0 Å². The van der Waals surface area contributed by atoms with E-state index in [1.165, 1.54) is 12.3 Å². The smallest absolute Gasteiger partial charge is 0.189 e. The molecular formula is C13H15NO4. The lowest BCUT2D eigenvalue weighted by atomic mass is 10.0. The zero-order valence-corrected chi connectivity index (χ0v) is 9.71. The van der Waals surface area contributed by atoms with Gasteiger partial charge in [-0.25, -0.2) is 0 Å². The van der Waals surface area contributed by atoms with Crippen molar-refractivity contribution in [3.05, 3.63) is 46.2 Å². The SMILES string of the molecule is O=c1cc[nH]c2cc(C(O)C(O)CCO)ccc12. The molecule has 96 valence electrons. The van der Waals surface area contributed by atoms with Gasteiger partial charge in [0.15, 0.2) is 5.43 Å². The Morgan fingerprint density at radius 3 is 2.72 bits per heavy atom. The van der Waals surface area contributed by atoms with Gasteiger partial charge in [-0.1, -0.05) is 6.07 Å². The number of H-pyrrole nitrogens is 1. The monoisotopic (exact) mass is 249 g/mol. The predicted molar refractivity (Wildman–Crippen MR) is 67.2 cm³/mol. The highest BCUT2D eigenvalue weighted by atomic mass is 16.3. The first kappa shape index (κ1) is 12.8. The Bertz CT molecular complexity index is 593. The van der Waals surface area contributed by atoms with Crippen molar-refractivity contribution in [1.29, 1.82) is 0 Å². The van der Waals surface area contributed by atoms with Crippen LogP contribution in [0.1, 0.15) is 18.1 Å². The number of fused-ring (bicyclic) bond motifs is 1. The van der Waals surface area contributed by atoms with Gasteiger partial charge >= 0.3 is 0 Å². The summed E-state index contributed by atoms with van der Waals surface area (Å²) < 4.78 is 0. The summed E-state index contributed by atoms with van der Waals surface area (Å²) in [4.78, 5) is 14.4. The molecule has 0 aliphatic heterocycles. The number of rotatable bonds is 4. The van der Waals surface area contributed by atoms with Crippen LogP contribution in [0.15, 0.2) is 35.3 Å². The summed E-state index contributed by atoms with van der Waals surface area (Å²) in [7, 11) is 0. The van der Waals surface area contributed by atoms with Crippen molar-refractivity contribution < 1.29 is 15.3 Å². The topological polar surface area (TPSA) is 93.6 Å². The molecule has 0 spiro atoms. The third kappa shape index (κ3) is 2.43. The number of nitrogens with one attached hydrogen (secondary N) is 1. The van der Waals surface area contributed by atoms with E-state index < -0.39 is 12.2 Å². The van der Waals surface area contributed by atoms with E-state index >= 15 is 0 Å². The van der Waals surface area contributed by atoms with Crippen molar-refractivity contribution in [2.75, 3.05) is 6.61 Å². The maximum Gasteiger partial charge on any atom is 0.189 e. The van der Waals surface area contributed by atoms with E-state index in [4.69, 9.17) is 5.11 Å². The van der Waals surface area contributed by atoms with Crippen molar-refractivity contribution in [1.82, 2.24) is 4.98 Å². The summed E-state index contributed by atoms with van der Waals surface area (Å²) in [5.41, 5.74) is 1.02. The summed E-state index contributed by atoms with van der Waals surface area (Å²) in [5, 5.41) is 28.8. The fourth-order valence-corrected chi connectivity index (χ4v) is 1.89. The van der Waals surface area contributed by atoms with E-state index in [2.05, 4.69) is 4.98 Å². The van der Waals surface area contributed by atoms with Gasteiger partial charge in [0.05, 0.1) is 6.10 Å². The summed E-state index contributed by atoms with van der Waals surface area (Å²) >= 11 is 0. The van der Waals surface area contributed by atoms with Gasteiger partial charge in [-0.05, 0) is 24.1 Å². The standard InChI is InChI=1S/C13H15NO4/c15-6-4-12(17)13(18)8-1-2-9-10(7-8)14-5-3-11(9)16/h1-3,5,7,12-13,15,17-18H,4,6H2,(H,14,16). The lowest BCUT2D eigenvalue weighted by Crippen LogP contribution is -2.19. The van der Waals surface area contributed by atoms with Gasteiger partial charge in [0, 0.05) is 29.8 Å². The van der Waals surface area contributed by atoms with Crippen LogP contribution >= 0.6 is 0 Å². The average Bonchev–Trinajstić information content (AvgIpc) is 2.38. The van der Waals surface area contributed by atoms with Crippen molar-refractivity contribution in [3.8, 4) is 0 Å². The number of aliphatic hydroxyl groups excluding tert-OH is 3. The number of aliphatic hydroxyl groups is 3. The van der Waals surface area contributed by atoms with Crippen molar-refractivity contribution in [3.63, 3.8) is 0 Å². The van der Waals surface area contributed by atoms with Gasteiger partial charge in [-0.15, -0.1) is 0 Å². The van der Waals surface area contributed by atoms with Crippen LogP contribution in [0.25, 0.3) is 10.9 Å². The van der Waals surface area contributed by atoms with Crippen LogP contribution in [0.3, 0.4) is 0 Å². The van der Waals surface area contributed by atoms with E-state index in [0.717, 1.165) is 0 Å². The highest BCUT2D eigenvalue weighted by Gasteiger charge is 2.18. The molecule has 5 nitrogen and oxygen atoms in total. The van der Waals surface area contributed by atoms with Gasteiger partial charge in [-0.2, -0.15) is 0 Å². The fourth-order valence-electron chi connectivity index (χ4n) is 1.89. The molecule has 2 unspecified atom stereocenters. The number of pyridine rings is 1. The lowest BCUT2D eigenvalue weighted by molar-refractivity contribution is 0.00428. The Morgan fingerprint density at radius 1 is 1.22 bits per heavy atom. The zero-order chi connectivity index (χ0) is 13.1. The third-order valence-electron chi connectivity index (χ3n) is 2.91. The van der Waals surface area contributed by atoms with E-state index in [-0.39, 0.29) is 18.5 Å². The first-order chi connectivity index (χ1) is 8.63. The molecule has 0 aliphatic carbocycles. The fraction of sp³-hybridized carbons (Fsp3) is 0.308. The Hall–Kier alpha value is -1.69. The second-order valence-corrected chi connectivity index (χ2v) is 4.17. The van der Waals surface area contributed by atoms with E-state index in [1.807, 2.05) is 0 Å². The van der Waals surface area contributed by atoms with Crippen LogP contribution in [-0.4, -0.2) is 33.0 Å². The molecule has 0 saturated carbocycles. The van der Waals surface area contributed by atoms with Crippen LogP contribution < -0.4 is 5.43 Å². The highest BCUT2D eigenvalue weighted by Crippen LogP contribution is 2.21. The summed E-state index contributed by atoms with van der Waals surface area (Å²) in [5.74, 6) is 0. The summed E-state index contributed by atoms with van der Waals surface area (Å²) in [6.45, 7) is -0.192. The molecule has 0 radical (unpaired) electrons. The van der Waals surface area contributed by atoms with Crippen LogP contribution in [0.5, 0.6) is 0 Å². The Kier molecular flexibility index (Phi) is 3.76. The molecule has 0 fully saturated rings. The Morgan fingerprint density at radius 2 is 2.00 bits per heavy atom. The first-order valence-corrected chi connectivity index (χ1v) is 5.72. The average molecular weight is 249 g/mol. The van der Waals surface area contributed by atoms with Gasteiger partial charge in [0.1, 0.15) is 6.10 Å². The Balaban J connectivity index is 2.38. The van der Waals surface area contributed by atoms with Crippen molar-refractivity contribution in [2.45, 2.75) is 18.6 Å². The molecule has 2 aromatic rings. The number of benzene rings is 1. The molecule has 2 atom stereocenters. The van der Waals surface area contributed by atoms with Crippen LogP contribution in [0.4, 0.5) is 0 Å².